The van der Waals surface area contributed by atoms with Gasteiger partial charge in [-0.15, -0.1) is 0 Å². The van der Waals surface area contributed by atoms with Crippen LogP contribution in [0.2, 0.25) is 0 Å². The standard InChI is InChI=1S/C15H13N3O4/c1-15(11-5-3-2-4-6-11)10-16(15)13-8-7-12(17(19)20)9-14(13)18(21)22/h2-9H,10H2,1H3. The largest absolute Gasteiger partial charge is 0.352 e. The molecule has 0 aromatic heterocycles. The van der Waals surface area contributed by atoms with Crippen molar-refractivity contribution in [1.82, 2.24) is 0 Å². The summed E-state index contributed by atoms with van der Waals surface area (Å²) in [7, 11) is 0. The lowest BCUT2D eigenvalue weighted by Gasteiger charge is -2.14. The molecule has 0 saturated carbocycles. The second kappa shape index (κ2) is 4.80. The van der Waals surface area contributed by atoms with Gasteiger partial charge in [-0.3, -0.25) is 20.2 Å². The van der Waals surface area contributed by atoms with Gasteiger partial charge in [-0.1, -0.05) is 30.3 Å². The van der Waals surface area contributed by atoms with E-state index in [1.165, 1.54) is 12.1 Å². The normalized spacial score (nSPS) is 19.8. The van der Waals surface area contributed by atoms with Crippen molar-refractivity contribution in [2.24, 2.45) is 0 Å². The van der Waals surface area contributed by atoms with E-state index >= 15 is 0 Å². The summed E-state index contributed by atoms with van der Waals surface area (Å²) in [6.07, 6.45) is 0. The van der Waals surface area contributed by atoms with Crippen LogP contribution in [0.1, 0.15) is 12.5 Å². The first kappa shape index (κ1) is 14.0. The number of nitrogens with zero attached hydrogens (tertiary/aromatic N) is 3. The monoisotopic (exact) mass is 299 g/mol. The number of rotatable bonds is 4. The highest BCUT2D eigenvalue weighted by Gasteiger charge is 2.51. The van der Waals surface area contributed by atoms with Crippen molar-refractivity contribution in [1.29, 1.82) is 0 Å². The zero-order chi connectivity index (χ0) is 15.9. The first-order valence-corrected chi connectivity index (χ1v) is 6.69. The third kappa shape index (κ3) is 2.16. The van der Waals surface area contributed by atoms with Crippen molar-refractivity contribution in [3.63, 3.8) is 0 Å². The van der Waals surface area contributed by atoms with Crippen molar-refractivity contribution in [3.05, 3.63) is 74.3 Å². The molecule has 2 aromatic carbocycles. The van der Waals surface area contributed by atoms with Gasteiger partial charge in [-0.05, 0) is 18.6 Å². The molecule has 1 aliphatic heterocycles. The molecule has 2 aromatic rings. The van der Waals surface area contributed by atoms with E-state index < -0.39 is 9.85 Å². The summed E-state index contributed by atoms with van der Waals surface area (Å²) >= 11 is 0. The van der Waals surface area contributed by atoms with E-state index in [4.69, 9.17) is 0 Å². The van der Waals surface area contributed by atoms with E-state index in [0.717, 1.165) is 11.6 Å². The highest BCUT2D eigenvalue weighted by molar-refractivity contribution is 5.72. The maximum absolute atomic E-state index is 11.2. The van der Waals surface area contributed by atoms with Crippen molar-refractivity contribution in [3.8, 4) is 0 Å². The summed E-state index contributed by atoms with van der Waals surface area (Å²) in [5, 5.41) is 22.0. The first-order valence-electron chi connectivity index (χ1n) is 6.69. The summed E-state index contributed by atoms with van der Waals surface area (Å²) in [6, 6.07) is 13.4. The molecule has 0 bridgehead atoms. The fourth-order valence-corrected chi connectivity index (χ4v) is 2.67. The predicted molar refractivity (Wildman–Crippen MR) is 80.9 cm³/mol. The van der Waals surface area contributed by atoms with Gasteiger partial charge in [0.25, 0.3) is 11.4 Å². The van der Waals surface area contributed by atoms with Crippen LogP contribution in [0.4, 0.5) is 17.1 Å². The number of anilines is 1. The minimum Gasteiger partial charge on any atom is -0.352 e. The minimum atomic E-state index is -0.630. The van der Waals surface area contributed by atoms with Crippen LogP contribution in [0, 0.1) is 20.2 Å². The Morgan fingerprint density at radius 3 is 2.32 bits per heavy atom. The molecule has 0 amide bonds. The van der Waals surface area contributed by atoms with Crippen LogP contribution in [0.15, 0.2) is 48.5 Å². The molecule has 3 rings (SSSR count). The quantitative estimate of drug-likeness (QED) is 0.491. The lowest BCUT2D eigenvalue weighted by atomic mass is 10.0. The molecular formula is C15H13N3O4. The molecule has 0 aliphatic carbocycles. The smallest absolute Gasteiger partial charge is 0.299 e. The lowest BCUT2D eigenvalue weighted by molar-refractivity contribution is -0.393. The molecule has 0 spiro atoms. The second-order valence-electron chi connectivity index (χ2n) is 5.41. The number of hydrogen-bond donors (Lipinski definition) is 0. The summed E-state index contributed by atoms with van der Waals surface area (Å²) in [5.74, 6) is 0. The van der Waals surface area contributed by atoms with Crippen LogP contribution in [0.3, 0.4) is 0 Å². The van der Waals surface area contributed by atoms with Gasteiger partial charge in [-0.2, -0.15) is 0 Å². The van der Waals surface area contributed by atoms with Crippen LogP contribution in [0.25, 0.3) is 0 Å². The molecule has 0 N–H and O–H groups in total. The fourth-order valence-electron chi connectivity index (χ4n) is 2.67. The Morgan fingerprint density at radius 2 is 1.73 bits per heavy atom. The van der Waals surface area contributed by atoms with Gasteiger partial charge in [0.2, 0.25) is 0 Å². The molecule has 112 valence electrons. The molecule has 1 heterocycles. The third-order valence-electron chi connectivity index (χ3n) is 4.01. The number of benzene rings is 2. The molecule has 1 aliphatic rings. The Balaban J connectivity index is 2.00. The summed E-state index contributed by atoms with van der Waals surface area (Å²) < 4.78 is 0. The van der Waals surface area contributed by atoms with Crippen molar-refractivity contribution in [2.45, 2.75) is 12.5 Å². The third-order valence-corrected chi connectivity index (χ3v) is 4.01. The maximum atomic E-state index is 11.2. The van der Waals surface area contributed by atoms with E-state index in [0.29, 0.717) is 12.2 Å². The minimum absolute atomic E-state index is 0.242. The summed E-state index contributed by atoms with van der Waals surface area (Å²) in [6.45, 7) is 2.63. The zero-order valence-corrected chi connectivity index (χ0v) is 11.8. The zero-order valence-electron chi connectivity index (χ0n) is 11.8. The highest BCUT2D eigenvalue weighted by atomic mass is 16.6. The number of nitro benzene ring substituents is 2. The van der Waals surface area contributed by atoms with Crippen LogP contribution >= 0.6 is 0 Å². The average molecular weight is 299 g/mol. The van der Waals surface area contributed by atoms with Crippen LogP contribution < -0.4 is 4.90 Å². The van der Waals surface area contributed by atoms with E-state index in [-0.39, 0.29) is 16.9 Å². The van der Waals surface area contributed by atoms with Gasteiger partial charge in [0.1, 0.15) is 5.69 Å². The highest BCUT2D eigenvalue weighted by Crippen LogP contribution is 2.49. The molecule has 7 heteroatoms. The second-order valence-corrected chi connectivity index (χ2v) is 5.41. The maximum Gasteiger partial charge on any atom is 0.299 e. The molecule has 1 saturated heterocycles. The Hall–Kier alpha value is -2.96. The Morgan fingerprint density at radius 1 is 1.05 bits per heavy atom. The van der Waals surface area contributed by atoms with Gasteiger partial charge in [0, 0.05) is 12.6 Å². The van der Waals surface area contributed by atoms with Crippen LogP contribution in [-0.4, -0.2) is 16.4 Å². The number of hydrogen-bond acceptors (Lipinski definition) is 5. The van der Waals surface area contributed by atoms with Gasteiger partial charge >= 0.3 is 0 Å². The molecular weight excluding hydrogens is 286 g/mol. The van der Waals surface area contributed by atoms with E-state index in [9.17, 15) is 20.2 Å². The lowest BCUT2D eigenvalue weighted by Crippen LogP contribution is -2.12. The molecule has 1 fully saturated rings. The number of nitro groups is 2. The van der Waals surface area contributed by atoms with Crippen molar-refractivity contribution < 1.29 is 9.85 Å². The van der Waals surface area contributed by atoms with Gasteiger partial charge in [-0.25, -0.2) is 0 Å². The fraction of sp³-hybridized carbons (Fsp3) is 0.200. The van der Waals surface area contributed by atoms with Crippen molar-refractivity contribution in [2.75, 3.05) is 11.4 Å². The summed E-state index contributed by atoms with van der Waals surface area (Å²) in [4.78, 5) is 22.7. The van der Waals surface area contributed by atoms with Crippen LogP contribution in [0.5, 0.6) is 0 Å². The SMILES string of the molecule is CC1(c2ccccc2)CN1c1ccc([N+](=O)[O-])cc1[N+](=O)[O-]. The average Bonchev–Trinajstić information content (AvgIpc) is 3.20. The molecule has 0 radical (unpaired) electrons. The van der Waals surface area contributed by atoms with E-state index in [1.54, 1.807) is 0 Å². The molecule has 22 heavy (non-hydrogen) atoms. The van der Waals surface area contributed by atoms with E-state index in [1.807, 2.05) is 42.2 Å². The molecule has 7 nitrogen and oxygen atoms in total. The van der Waals surface area contributed by atoms with E-state index in [2.05, 4.69) is 0 Å². The van der Waals surface area contributed by atoms with Gasteiger partial charge in [0.05, 0.1) is 21.5 Å². The summed E-state index contributed by atoms with van der Waals surface area (Å²) in [5.41, 5.74) is 0.625. The van der Waals surface area contributed by atoms with Gasteiger partial charge in [0.15, 0.2) is 0 Å². The molecule has 1 atom stereocenters. The first-order chi connectivity index (χ1) is 10.4. The van der Waals surface area contributed by atoms with Crippen molar-refractivity contribution >= 4 is 17.1 Å². The Kier molecular flexibility index (Phi) is 3.05. The predicted octanol–water partition coefficient (Wildman–Crippen LogP) is 3.24. The topological polar surface area (TPSA) is 89.3 Å². The van der Waals surface area contributed by atoms with Crippen LogP contribution in [-0.2, 0) is 5.54 Å². The molecule has 1 unspecified atom stereocenters. The number of non-ortho nitro benzene ring substituents is 1. The van der Waals surface area contributed by atoms with Gasteiger partial charge < -0.3 is 4.90 Å². The Labute approximate surface area is 126 Å². The Bertz CT molecular complexity index is 763.